The molecule has 1 aromatic carbocycles. The predicted molar refractivity (Wildman–Crippen MR) is 90.2 cm³/mol. The van der Waals surface area contributed by atoms with Gasteiger partial charge in [0.25, 0.3) is 0 Å². The Bertz CT molecular complexity index is 560. The smallest absolute Gasteiger partial charge is 0.224 e. The van der Waals surface area contributed by atoms with Crippen LogP contribution in [0.2, 0.25) is 0 Å². The van der Waals surface area contributed by atoms with Gasteiger partial charge in [0.05, 0.1) is 3.57 Å². The number of nitrogens with zero attached hydrogens (tertiary/aromatic N) is 1. The van der Waals surface area contributed by atoms with Crippen LogP contribution in [0.1, 0.15) is 31.9 Å². The highest BCUT2D eigenvalue weighted by Gasteiger charge is 2.13. The van der Waals surface area contributed by atoms with Gasteiger partial charge >= 0.3 is 0 Å². The highest BCUT2D eigenvalue weighted by molar-refractivity contribution is 14.1. The van der Waals surface area contributed by atoms with Crippen LogP contribution < -0.4 is 10.1 Å². The molecule has 0 fully saturated rings. The van der Waals surface area contributed by atoms with E-state index in [1.165, 1.54) is 0 Å². The Hall–Kier alpha value is -1.14. The number of pyridine rings is 1. The van der Waals surface area contributed by atoms with Gasteiger partial charge in [-0.3, -0.25) is 0 Å². The highest BCUT2D eigenvalue weighted by Crippen LogP contribution is 2.29. The largest absolute Gasteiger partial charge is 0.438 e. The molecule has 1 heterocycles. The molecule has 3 nitrogen and oxygen atoms in total. The van der Waals surface area contributed by atoms with Gasteiger partial charge in [0.1, 0.15) is 5.75 Å². The van der Waals surface area contributed by atoms with Crippen molar-refractivity contribution in [2.45, 2.75) is 26.3 Å². The fourth-order valence-corrected chi connectivity index (χ4v) is 2.42. The molecule has 0 aliphatic rings. The van der Waals surface area contributed by atoms with Gasteiger partial charge in [-0.2, -0.15) is 0 Å². The van der Waals surface area contributed by atoms with Crippen LogP contribution in [0.15, 0.2) is 42.6 Å². The van der Waals surface area contributed by atoms with E-state index in [0.29, 0.717) is 5.88 Å². The van der Waals surface area contributed by atoms with Gasteiger partial charge in [0, 0.05) is 17.8 Å². The van der Waals surface area contributed by atoms with Gasteiger partial charge < -0.3 is 10.1 Å². The molecule has 1 N–H and O–H groups in total. The molecule has 0 saturated heterocycles. The van der Waals surface area contributed by atoms with Gasteiger partial charge in [-0.25, -0.2) is 4.98 Å². The first-order chi connectivity index (χ1) is 9.72. The molecule has 1 atom stereocenters. The summed E-state index contributed by atoms with van der Waals surface area (Å²) in [7, 11) is 0. The lowest BCUT2D eigenvalue weighted by molar-refractivity contribution is 0.440. The van der Waals surface area contributed by atoms with Crippen LogP contribution in [0, 0.1) is 3.57 Å². The summed E-state index contributed by atoms with van der Waals surface area (Å²) in [6.45, 7) is 5.28. The molecule has 0 spiro atoms. The predicted octanol–water partition coefficient (Wildman–Crippen LogP) is 4.54. The lowest BCUT2D eigenvalue weighted by atomic mass is 10.1. The number of ether oxygens (including phenoxy) is 1. The number of nitrogens with one attached hydrogen (secondary N) is 1. The van der Waals surface area contributed by atoms with Crippen molar-refractivity contribution >= 4 is 22.6 Å². The number of hydrogen-bond donors (Lipinski definition) is 1. The molecular weight excluding hydrogens is 363 g/mol. The standard InChI is InChI=1S/C16H19IN2O/c1-3-10-18-12(2)13-7-6-11-19-16(13)20-15-9-5-4-8-14(15)17/h4-9,11-12,18H,3,10H2,1-2H3. The Labute approximate surface area is 133 Å². The monoisotopic (exact) mass is 382 g/mol. The maximum atomic E-state index is 5.98. The minimum Gasteiger partial charge on any atom is -0.438 e. The maximum Gasteiger partial charge on any atom is 0.224 e. The van der Waals surface area contributed by atoms with Crippen LogP contribution in [-0.2, 0) is 0 Å². The van der Waals surface area contributed by atoms with Crippen molar-refractivity contribution in [3.8, 4) is 11.6 Å². The summed E-state index contributed by atoms with van der Waals surface area (Å²) in [5.74, 6) is 1.52. The molecule has 2 aromatic rings. The lowest BCUT2D eigenvalue weighted by Crippen LogP contribution is -2.20. The summed E-state index contributed by atoms with van der Waals surface area (Å²) in [6, 6.07) is 12.2. The van der Waals surface area contributed by atoms with E-state index in [0.717, 1.165) is 27.8 Å². The van der Waals surface area contributed by atoms with Crippen molar-refractivity contribution in [3.63, 3.8) is 0 Å². The second-order valence-electron chi connectivity index (χ2n) is 4.61. The molecule has 1 aromatic heterocycles. The number of benzene rings is 1. The summed E-state index contributed by atoms with van der Waals surface area (Å²) < 4.78 is 7.06. The zero-order valence-electron chi connectivity index (χ0n) is 11.8. The van der Waals surface area contributed by atoms with Crippen molar-refractivity contribution in [2.75, 3.05) is 6.54 Å². The maximum absolute atomic E-state index is 5.98. The Kier molecular flexibility index (Phi) is 5.79. The average molecular weight is 382 g/mol. The van der Waals surface area contributed by atoms with Gasteiger partial charge in [0.15, 0.2) is 0 Å². The highest BCUT2D eigenvalue weighted by atomic mass is 127. The number of halogens is 1. The van der Waals surface area contributed by atoms with E-state index in [4.69, 9.17) is 4.74 Å². The molecule has 20 heavy (non-hydrogen) atoms. The lowest BCUT2D eigenvalue weighted by Gasteiger charge is -2.17. The second-order valence-corrected chi connectivity index (χ2v) is 5.77. The van der Waals surface area contributed by atoms with Gasteiger partial charge in [-0.1, -0.05) is 25.1 Å². The Morgan fingerprint density at radius 1 is 1.25 bits per heavy atom. The van der Waals surface area contributed by atoms with Crippen LogP contribution in [0.4, 0.5) is 0 Å². The van der Waals surface area contributed by atoms with Crippen LogP contribution in [0.3, 0.4) is 0 Å². The molecule has 0 amide bonds. The van der Waals surface area contributed by atoms with Crippen LogP contribution >= 0.6 is 22.6 Å². The van der Waals surface area contributed by atoms with Crippen LogP contribution in [0.25, 0.3) is 0 Å². The molecule has 2 rings (SSSR count). The van der Waals surface area contributed by atoms with Crippen molar-refractivity contribution in [3.05, 3.63) is 51.7 Å². The molecule has 0 bridgehead atoms. The Morgan fingerprint density at radius 2 is 2.05 bits per heavy atom. The molecule has 106 valence electrons. The Balaban J connectivity index is 2.22. The average Bonchev–Trinajstić information content (AvgIpc) is 2.48. The summed E-state index contributed by atoms with van der Waals surface area (Å²) in [5, 5.41) is 3.47. The number of para-hydroxylation sites is 1. The van der Waals surface area contributed by atoms with Gasteiger partial charge in [-0.15, -0.1) is 0 Å². The second kappa shape index (κ2) is 7.59. The van der Waals surface area contributed by atoms with E-state index in [1.807, 2.05) is 30.3 Å². The Morgan fingerprint density at radius 3 is 2.80 bits per heavy atom. The first kappa shape index (κ1) is 15.3. The topological polar surface area (TPSA) is 34.2 Å². The summed E-state index contributed by atoms with van der Waals surface area (Å²) >= 11 is 2.27. The minimum absolute atomic E-state index is 0.222. The normalized spacial score (nSPS) is 12.2. The first-order valence-corrected chi connectivity index (χ1v) is 7.91. The molecule has 0 aliphatic heterocycles. The minimum atomic E-state index is 0.222. The van der Waals surface area contributed by atoms with Gasteiger partial charge in [0.2, 0.25) is 5.88 Å². The third-order valence-electron chi connectivity index (χ3n) is 3.01. The van der Waals surface area contributed by atoms with E-state index in [1.54, 1.807) is 6.20 Å². The van der Waals surface area contributed by atoms with Crippen LogP contribution in [-0.4, -0.2) is 11.5 Å². The summed E-state index contributed by atoms with van der Waals surface area (Å²) in [4.78, 5) is 4.38. The summed E-state index contributed by atoms with van der Waals surface area (Å²) in [5.41, 5.74) is 1.08. The van der Waals surface area contributed by atoms with E-state index >= 15 is 0 Å². The molecule has 1 unspecified atom stereocenters. The quantitative estimate of drug-likeness (QED) is 0.745. The number of aromatic nitrogens is 1. The third-order valence-corrected chi connectivity index (χ3v) is 3.90. The van der Waals surface area contributed by atoms with E-state index in [-0.39, 0.29) is 6.04 Å². The third kappa shape index (κ3) is 3.93. The van der Waals surface area contributed by atoms with E-state index < -0.39 is 0 Å². The molecule has 0 saturated carbocycles. The zero-order chi connectivity index (χ0) is 14.4. The van der Waals surface area contributed by atoms with Crippen molar-refractivity contribution in [1.29, 1.82) is 0 Å². The molecular formula is C16H19IN2O. The van der Waals surface area contributed by atoms with E-state index in [2.05, 4.69) is 52.8 Å². The number of hydrogen-bond acceptors (Lipinski definition) is 3. The van der Waals surface area contributed by atoms with Crippen molar-refractivity contribution in [1.82, 2.24) is 10.3 Å². The zero-order valence-corrected chi connectivity index (χ0v) is 13.9. The van der Waals surface area contributed by atoms with Crippen LogP contribution in [0.5, 0.6) is 11.6 Å². The number of rotatable bonds is 6. The fourth-order valence-electron chi connectivity index (χ4n) is 1.92. The van der Waals surface area contributed by atoms with E-state index in [9.17, 15) is 0 Å². The molecule has 0 aliphatic carbocycles. The van der Waals surface area contributed by atoms with Crippen molar-refractivity contribution < 1.29 is 4.74 Å². The summed E-state index contributed by atoms with van der Waals surface area (Å²) in [6.07, 6.45) is 2.87. The SMILES string of the molecule is CCCNC(C)c1cccnc1Oc1ccccc1I. The fraction of sp³-hybridized carbons (Fsp3) is 0.312. The first-order valence-electron chi connectivity index (χ1n) is 6.83. The molecule has 0 radical (unpaired) electrons. The molecule has 4 heteroatoms. The van der Waals surface area contributed by atoms with Gasteiger partial charge in [-0.05, 0) is 60.7 Å². The van der Waals surface area contributed by atoms with Crippen molar-refractivity contribution in [2.24, 2.45) is 0 Å².